The number of amides is 1. The number of thiophene rings is 1. The molecule has 45 heavy (non-hydrogen) atoms. The van der Waals surface area contributed by atoms with Crippen molar-refractivity contribution >= 4 is 50.5 Å². The molecule has 3 aromatic carbocycles. The number of halogens is 1. The second-order valence-corrected chi connectivity index (χ2v) is 12.8. The van der Waals surface area contributed by atoms with Gasteiger partial charge >= 0.3 is 0 Å². The molecule has 0 bridgehead atoms. The first-order valence-corrected chi connectivity index (χ1v) is 16.0. The van der Waals surface area contributed by atoms with Crippen molar-refractivity contribution in [3.8, 4) is 21.9 Å². The molecule has 1 amide bonds. The quantitative estimate of drug-likeness (QED) is 0.177. The maximum atomic E-state index is 15.2. The van der Waals surface area contributed by atoms with E-state index in [1.807, 2.05) is 37.3 Å². The van der Waals surface area contributed by atoms with Crippen molar-refractivity contribution in [2.45, 2.75) is 19.9 Å². The molecular formula is C35H34FN5O2S2. The highest BCUT2D eigenvalue weighted by Gasteiger charge is 2.16. The normalized spacial score (nSPS) is 13.9. The average Bonchev–Trinajstić information content (AvgIpc) is 3.47. The summed E-state index contributed by atoms with van der Waals surface area (Å²) in [5.74, 6) is -0.214. The number of pyridine rings is 1. The van der Waals surface area contributed by atoms with Gasteiger partial charge in [-0.15, -0.1) is 11.3 Å². The Morgan fingerprint density at radius 1 is 0.956 bits per heavy atom. The number of aromatic nitrogens is 1. The number of carbonyl (C=O) groups is 1. The number of piperazine rings is 1. The van der Waals surface area contributed by atoms with Gasteiger partial charge in [-0.1, -0.05) is 54.1 Å². The number of rotatable bonds is 8. The number of benzene rings is 3. The minimum Gasteiger partial charge on any atom is -0.453 e. The lowest BCUT2D eigenvalue weighted by molar-refractivity contribution is -0.119. The van der Waals surface area contributed by atoms with E-state index in [1.165, 1.54) is 17.7 Å². The second-order valence-electron chi connectivity index (χ2n) is 11.3. The summed E-state index contributed by atoms with van der Waals surface area (Å²) in [4.78, 5) is 22.8. The van der Waals surface area contributed by atoms with E-state index in [9.17, 15) is 4.79 Å². The van der Waals surface area contributed by atoms with Gasteiger partial charge in [0.1, 0.15) is 5.75 Å². The SMILES string of the molecule is Cc1ccc(CC(=O)NC(=S)Nc2ccc(Oc3ccnc4cc(-c5ccc(CN6CCN(C)CC6)cc5)sc34)c(F)c2)cc1. The maximum absolute atomic E-state index is 15.2. The van der Waals surface area contributed by atoms with Crippen molar-refractivity contribution in [2.75, 3.05) is 38.5 Å². The number of nitrogens with zero attached hydrogens (tertiary/aromatic N) is 3. The summed E-state index contributed by atoms with van der Waals surface area (Å²) in [5, 5.41) is 5.61. The maximum Gasteiger partial charge on any atom is 0.230 e. The molecule has 2 N–H and O–H groups in total. The highest BCUT2D eigenvalue weighted by molar-refractivity contribution is 7.80. The topological polar surface area (TPSA) is 69.7 Å². The molecule has 1 saturated heterocycles. The van der Waals surface area contributed by atoms with Gasteiger partial charge in [0.15, 0.2) is 16.7 Å². The number of hydrogen-bond donors (Lipinski definition) is 2. The molecule has 0 radical (unpaired) electrons. The van der Waals surface area contributed by atoms with Crippen LogP contribution in [0.15, 0.2) is 85.1 Å². The fraction of sp³-hybridized carbons (Fsp3) is 0.229. The van der Waals surface area contributed by atoms with Crippen LogP contribution in [0.4, 0.5) is 10.1 Å². The van der Waals surface area contributed by atoms with Crippen molar-refractivity contribution in [1.82, 2.24) is 20.1 Å². The van der Waals surface area contributed by atoms with Gasteiger partial charge in [0.05, 0.1) is 16.6 Å². The zero-order chi connectivity index (χ0) is 31.3. The van der Waals surface area contributed by atoms with Gasteiger partial charge in [0, 0.05) is 61.6 Å². The van der Waals surface area contributed by atoms with Crippen LogP contribution in [-0.4, -0.2) is 59.0 Å². The fourth-order valence-corrected chi connectivity index (χ4v) is 6.48. The minimum atomic E-state index is -0.563. The molecule has 0 unspecified atom stereocenters. The monoisotopic (exact) mass is 639 g/mol. The van der Waals surface area contributed by atoms with Crippen LogP contribution in [0.2, 0.25) is 0 Å². The van der Waals surface area contributed by atoms with Crippen LogP contribution >= 0.6 is 23.6 Å². The highest BCUT2D eigenvalue weighted by Crippen LogP contribution is 2.40. The summed E-state index contributed by atoms with van der Waals surface area (Å²) >= 11 is 6.83. The van der Waals surface area contributed by atoms with Crippen molar-refractivity contribution < 1.29 is 13.9 Å². The van der Waals surface area contributed by atoms with E-state index in [0.717, 1.165) is 64.5 Å². The number of carbonyl (C=O) groups excluding carboxylic acids is 1. The van der Waals surface area contributed by atoms with Crippen LogP contribution in [0.25, 0.3) is 20.7 Å². The van der Waals surface area contributed by atoms with Gasteiger partial charge in [-0.05, 0) is 61.1 Å². The minimum absolute atomic E-state index is 0.0746. The van der Waals surface area contributed by atoms with Gasteiger partial charge in [-0.3, -0.25) is 14.7 Å². The molecule has 1 aliphatic heterocycles. The van der Waals surface area contributed by atoms with Crippen LogP contribution in [-0.2, 0) is 17.8 Å². The number of thiocarbonyl (C=S) groups is 1. The number of hydrogen-bond acceptors (Lipinski definition) is 7. The summed E-state index contributed by atoms with van der Waals surface area (Å²) in [6.45, 7) is 7.32. The summed E-state index contributed by atoms with van der Waals surface area (Å²) in [5.41, 5.74) is 5.59. The number of anilines is 1. The standard InChI is InChI=1S/C35H34FN5O2S2/c1-23-3-5-24(6-4-23)19-33(42)39-35(44)38-27-11-12-30(28(36)20-27)43-31-13-14-37-29-21-32(45-34(29)31)26-9-7-25(8-10-26)22-41-17-15-40(2)16-18-41/h3-14,20-21H,15-19,22H2,1-2H3,(H2,38,39,42,44). The van der Waals surface area contributed by atoms with Gasteiger partial charge in [-0.2, -0.15) is 0 Å². The van der Waals surface area contributed by atoms with Crippen LogP contribution in [0, 0.1) is 12.7 Å². The molecule has 230 valence electrons. The Morgan fingerprint density at radius 2 is 1.69 bits per heavy atom. The molecule has 2 aromatic heterocycles. The van der Waals surface area contributed by atoms with Crippen molar-refractivity contribution in [3.05, 3.63) is 108 Å². The predicted octanol–water partition coefficient (Wildman–Crippen LogP) is 7.01. The van der Waals surface area contributed by atoms with Crippen molar-refractivity contribution in [2.24, 2.45) is 0 Å². The van der Waals surface area contributed by atoms with Crippen LogP contribution in [0.1, 0.15) is 16.7 Å². The zero-order valence-corrected chi connectivity index (χ0v) is 26.8. The van der Waals surface area contributed by atoms with E-state index < -0.39 is 5.82 Å². The molecular weight excluding hydrogens is 606 g/mol. The van der Waals surface area contributed by atoms with E-state index in [2.05, 4.69) is 56.7 Å². The molecule has 0 saturated carbocycles. The first kappa shape index (κ1) is 30.8. The Kier molecular flexibility index (Phi) is 9.46. The molecule has 7 nitrogen and oxygen atoms in total. The number of fused-ring (bicyclic) bond motifs is 1. The lowest BCUT2D eigenvalue weighted by Crippen LogP contribution is -2.43. The molecule has 0 spiro atoms. The number of likely N-dealkylation sites (N-methyl/N-ethyl adjacent to an activating group) is 1. The highest BCUT2D eigenvalue weighted by atomic mass is 32.1. The Labute approximate surface area is 271 Å². The first-order chi connectivity index (χ1) is 21.8. The molecule has 5 aromatic rings. The van der Waals surface area contributed by atoms with E-state index in [0.29, 0.717) is 11.4 Å². The molecule has 6 rings (SSSR count). The van der Waals surface area contributed by atoms with Gasteiger partial charge in [-0.25, -0.2) is 4.39 Å². The molecule has 0 aliphatic carbocycles. The summed E-state index contributed by atoms with van der Waals surface area (Å²) in [6, 6.07) is 24.6. The van der Waals surface area contributed by atoms with Crippen LogP contribution in [0.3, 0.4) is 0 Å². The zero-order valence-electron chi connectivity index (χ0n) is 25.2. The molecule has 3 heterocycles. The Morgan fingerprint density at radius 3 is 2.42 bits per heavy atom. The Balaban J connectivity index is 1.09. The van der Waals surface area contributed by atoms with Crippen molar-refractivity contribution in [3.63, 3.8) is 0 Å². The fourth-order valence-electron chi connectivity index (χ4n) is 5.18. The third kappa shape index (κ3) is 7.90. The molecule has 10 heteroatoms. The largest absolute Gasteiger partial charge is 0.453 e. The summed E-state index contributed by atoms with van der Waals surface area (Å²) in [6.07, 6.45) is 1.86. The second kappa shape index (κ2) is 13.8. The van der Waals surface area contributed by atoms with Gasteiger partial charge in [0.2, 0.25) is 5.91 Å². The predicted molar refractivity (Wildman–Crippen MR) is 184 cm³/mol. The summed E-state index contributed by atoms with van der Waals surface area (Å²) < 4.78 is 22.0. The summed E-state index contributed by atoms with van der Waals surface area (Å²) in [7, 11) is 2.17. The third-order valence-corrected chi connectivity index (χ3v) is 9.16. The number of nitrogens with one attached hydrogen (secondary N) is 2. The van der Waals surface area contributed by atoms with E-state index in [4.69, 9.17) is 17.0 Å². The first-order valence-electron chi connectivity index (χ1n) is 14.8. The van der Waals surface area contributed by atoms with Crippen LogP contribution < -0.4 is 15.4 Å². The van der Waals surface area contributed by atoms with Gasteiger partial charge < -0.3 is 20.3 Å². The van der Waals surface area contributed by atoms with E-state index >= 15 is 4.39 Å². The Bertz CT molecular complexity index is 1820. The lowest BCUT2D eigenvalue weighted by atomic mass is 10.1. The lowest BCUT2D eigenvalue weighted by Gasteiger charge is -2.32. The number of ether oxygens (including phenoxy) is 1. The van der Waals surface area contributed by atoms with Crippen LogP contribution in [0.5, 0.6) is 11.5 Å². The van der Waals surface area contributed by atoms with Crippen molar-refractivity contribution in [1.29, 1.82) is 0 Å². The third-order valence-electron chi connectivity index (χ3n) is 7.76. The smallest absolute Gasteiger partial charge is 0.230 e. The molecule has 1 aliphatic rings. The Hall–Kier alpha value is -4.22. The van der Waals surface area contributed by atoms with Gasteiger partial charge in [0.25, 0.3) is 0 Å². The van der Waals surface area contributed by atoms with E-state index in [-0.39, 0.29) is 23.2 Å². The van der Waals surface area contributed by atoms with E-state index in [1.54, 1.807) is 29.7 Å². The number of aryl methyl sites for hydroxylation is 1. The molecule has 0 atom stereocenters. The molecule has 1 fully saturated rings. The average molecular weight is 640 g/mol.